The summed E-state index contributed by atoms with van der Waals surface area (Å²) in [4.78, 5) is 31.0. The summed E-state index contributed by atoms with van der Waals surface area (Å²) in [6.45, 7) is 6.45. The quantitative estimate of drug-likeness (QED) is 0.124. The van der Waals surface area contributed by atoms with Gasteiger partial charge in [-0.05, 0) is 43.0 Å². The van der Waals surface area contributed by atoms with Crippen LogP contribution in [0.15, 0.2) is 121 Å². The maximum atomic E-state index is 14.8. The molecule has 1 fully saturated rings. The van der Waals surface area contributed by atoms with E-state index in [0.29, 0.717) is 0 Å². The molecule has 2 amide bonds. The Balaban J connectivity index is 1.50. The number of nitrogens with zero attached hydrogens (tertiary/aromatic N) is 2. The number of piperazine rings is 1. The lowest BCUT2D eigenvalue weighted by atomic mass is 9.90. The van der Waals surface area contributed by atoms with Crippen molar-refractivity contribution >= 4 is 12.0 Å². The van der Waals surface area contributed by atoms with Gasteiger partial charge in [-0.25, -0.2) is 4.79 Å². The molecule has 0 aromatic heterocycles. The average molecular weight is 749 g/mol. The lowest BCUT2D eigenvalue weighted by molar-refractivity contribution is -0.210. The van der Waals surface area contributed by atoms with Gasteiger partial charge in [0.1, 0.15) is 17.8 Å². The molecule has 0 spiro atoms. The Morgan fingerprint density at radius 1 is 0.655 bits per heavy atom. The number of aliphatic hydroxyl groups is 1. The van der Waals surface area contributed by atoms with Crippen molar-refractivity contribution in [2.75, 3.05) is 32.8 Å². The van der Waals surface area contributed by atoms with Gasteiger partial charge in [-0.15, -0.1) is 6.42 Å². The molecule has 0 radical (unpaired) electrons. The second-order valence-electron chi connectivity index (χ2n) is 14.5. The number of hydrogen-bond donors (Lipinski definition) is 1. The molecule has 0 aliphatic carbocycles. The van der Waals surface area contributed by atoms with Crippen molar-refractivity contribution in [3.05, 3.63) is 144 Å². The first kappa shape index (κ1) is 41.1. The minimum atomic E-state index is -2.07. The van der Waals surface area contributed by atoms with Crippen molar-refractivity contribution in [2.24, 2.45) is 0 Å². The predicted molar refractivity (Wildman–Crippen MR) is 209 cm³/mol. The second-order valence-corrected chi connectivity index (χ2v) is 14.5. The van der Waals surface area contributed by atoms with Crippen molar-refractivity contribution < 1.29 is 38.4 Å². The van der Waals surface area contributed by atoms with E-state index in [1.54, 1.807) is 9.80 Å². The molecule has 1 N–H and O–H groups in total. The Bertz CT molecular complexity index is 1790. The highest BCUT2D eigenvalue weighted by atomic mass is 16.6. The number of benzene rings is 4. The van der Waals surface area contributed by atoms with E-state index in [1.165, 1.54) is 0 Å². The van der Waals surface area contributed by atoms with Gasteiger partial charge in [-0.1, -0.05) is 127 Å². The summed E-state index contributed by atoms with van der Waals surface area (Å²) in [5.41, 5.74) is 0.651. The number of terminal acetylenes is 1. The summed E-state index contributed by atoms with van der Waals surface area (Å²) in [5.74, 6) is 2.16. The number of carbonyl (C=O) groups excluding carboxylic acids is 2. The lowest BCUT2D eigenvalue weighted by Crippen LogP contribution is -2.62. The van der Waals surface area contributed by atoms with E-state index in [-0.39, 0.29) is 59.2 Å². The zero-order valence-corrected chi connectivity index (χ0v) is 31.9. The van der Waals surface area contributed by atoms with Crippen LogP contribution in [0.4, 0.5) is 4.79 Å². The number of ether oxygens (including phenoxy) is 5. The normalized spacial score (nSPS) is 16.0. The van der Waals surface area contributed by atoms with Crippen molar-refractivity contribution in [1.29, 1.82) is 0 Å². The van der Waals surface area contributed by atoms with Gasteiger partial charge in [0, 0.05) is 26.2 Å². The maximum absolute atomic E-state index is 14.8. The molecule has 1 aliphatic heterocycles. The zero-order valence-electron chi connectivity index (χ0n) is 31.9. The molecule has 1 aliphatic rings. The molecule has 4 atom stereocenters. The second kappa shape index (κ2) is 20.1. The Morgan fingerprint density at radius 3 is 1.53 bits per heavy atom. The fourth-order valence-electron chi connectivity index (χ4n) is 6.15. The molecule has 10 nitrogen and oxygen atoms in total. The van der Waals surface area contributed by atoms with Crippen molar-refractivity contribution in [3.8, 4) is 12.3 Å². The monoisotopic (exact) mass is 748 g/mol. The molecule has 4 aromatic rings. The summed E-state index contributed by atoms with van der Waals surface area (Å²) < 4.78 is 31.5. The van der Waals surface area contributed by atoms with E-state index in [2.05, 4.69) is 5.92 Å². The third kappa shape index (κ3) is 12.5. The molecule has 55 heavy (non-hydrogen) atoms. The fourth-order valence-corrected chi connectivity index (χ4v) is 6.15. The first-order valence-corrected chi connectivity index (χ1v) is 18.6. The van der Waals surface area contributed by atoms with Crippen LogP contribution in [0.25, 0.3) is 0 Å². The number of hydrogen-bond acceptors (Lipinski definition) is 8. The number of rotatable bonds is 17. The first-order valence-electron chi connectivity index (χ1n) is 18.6. The Hall–Kier alpha value is -5.02. The SMILES string of the molecule is C#C[C@@](O)(COCc1ccccc1)[C@@H](OCc1ccccc1)[C@H](OCc1ccccc1)[C@@H](OCc1ccccc1)C(=O)N1CCN(C(=O)OC(C)(C)C)CC1. The van der Waals surface area contributed by atoms with E-state index in [9.17, 15) is 14.7 Å². The fraction of sp³-hybridized carbons (Fsp3) is 0.378. The highest BCUT2D eigenvalue weighted by Crippen LogP contribution is 2.28. The van der Waals surface area contributed by atoms with Gasteiger partial charge in [-0.3, -0.25) is 4.79 Å². The van der Waals surface area contributed by atoms with Crippen LogP contribution >= 0.6 is 0 Å². The maximum Gasteiger partial charge on any atom is 0.410 e. The molecule has 0 saturated carbocycles. The van der Waals surface area contributed by atoms with Crippen molar-refractivity contribution in [2.45, 2.75) is 76.7 Å². The molecular formula is C45H52N2O8. The molecule has 0 bridgehead atoms. The highest BCUT2D eigenvalue weighted by Gasteiger charge is 2.49. The van der Waals surface area contributed by atoms with Crippen LogP contribution in [0.5, 0.6) is 0 Å². The third-order valence-corrected chi connectivity index (χ3v) is 9.07. The number of amides is 2. The smallest absolute Gasteiger partial charge is 0.410 e. The predicted octanol–water partition coefficient (Wildman–Crippen LogP) is 6.40. The third-order valence-electron chi connectivity index (χ3n) is 9.07. The van der Waals surface area contributed by atoms with Gasteiger partial charge in [-0.2, -0.15) is 0 Å². The average Bonchev–Trinajstić information content (AvgIpc) is 3.20. The van der Waals surface area contributed by atoms with Crippen molar-refractivity contribution in [1.82, 2.24) is 9.80 Å². The number of carbonyl (C=O) groups is 2. The van der Waals surface area contributed by atoms with Crippen LogP contribution in [0.1, 0.15) is 43.0 Å². The minimum absolute atomic E-state index is 0.0491. The van der Waals surface area contributed by atoms with Crippen LogP contribution in [-0.4, -0.2) is 89.2 Å². The summed E-state index contributed by atoms with van der Waals surface area (Å²) in [6.07, 6.45) is 1.89. The first-order chi connectivity index (χ1) is 26.5. The minimum Gasteiger partial charge on any atom is -0.444 e. The van der Waals surface area contributed by atoms with Gasteiger partial charge < -0.3 is 38.6 Å². The van der Waals surface area contributed by atoms with E-state index in [0.717, 1.165) is 22.3 Å². The molecule has 10 heteroatoms. The van der Waals surface area contributed by atoms with Gasteiger partial charge in [0.05, 0.1) is 33.0 Å². The standard InChI is InChI=1S/C45H52N2O8/c1-5-45(50,34-51-30-35-18-10-6-11-19-35)41(54-33-38-24-16-9-17-25-38)39(52-31-36-20-12-7-13-21-36)40(53-32-37-22-14-8-15-23-37)42(48)46-26-28-47(29-27-46)43(49)55-44(2,3)4/h1,6-25,39-41,50H,26-34H2,2-4H3/t39-,40-,41+,45-/m1/s1. The molecule has 4 aromatic carbocycles. The van der Waals surface area contributed by atoms with Crippen molar-refractivity contribution in [3.63, 3.8) is 0 Å². The van der Waals surface area contributed by atoms with Gasteiger partial charge in [0.15, 0.2) is 11.7 Å². The lowest BCUT2D eigenvalue weighted by Gasteiger charge is -2.42. The Labute approximate surface area is 324 Å². The highest BCUT2D eigenvalue weighted by molar-refractivity contribution is 5.82. The van der Waals surface area contributed by atoms with E-state index < -0.39 is 41.5 Å². The van der Waals surface area contributed by atoms with Crippen LogP contribution in [0.2, 0.25) is 0 Å². The Kier molecular flexibility index (Phi) is 15.0. The van der Waals surface area contributed by atoms with Crippen LogP contribution in [0.3, 0.4) is 0 Å². The summed E-state index contributed by atoms with van der Waals surface area (Å²) in [5, 5.41) is 12.4. The molecule has 1 saturated heterocycles. The Morgan fingerprint density at radius 2 is 1.07 bits per heavy atom. The van der Waals surface area contributed by atoms with E-state index in [1.807, 2.05) is 142 Å². The van der Waals surface area contributed by atoms with E-state index >= 15 is 0 Å². The molecule has 290 valence electrons. The van der Waals surface area contributed by atoms with Crippen LogP contribution < -0.4 is 0 Å². The van der Waals surface area contributed by atoms with Crippen LogP contribution in [0, 0.1) is 12.3 Å². The molecule has 5 rings (SSSR count). The largest absolute Gasteiger partial charge is 0.444 e. The molecule has 1 heterocycles. The van der Waals surface area contributed by atoms with Gasteiger partial charge in [0.2, 0.25) is 0 Å². The van der Waals surface area contributed by atoms with Crippen LogP contribution in [-0.2, 0) is 54.9 Å². The molecule has 0 unspecified atom stereocenters. The van der Waals surface area contributed by atoms with E-state index in [4.69, 9.17) is 30.1 Å². The summed E-state index contributed by atoms with van der Waals surface area (Å²) in [7, 11) is 0. The molecular weight excluding hydrogens is 697 g/mol. The summed E-state index contributed by atoms with van der Waals surface area (Å²) in [6, 6.07) is 38.0. The zero-order chi connectivity index (χ0) is 39.1. The topological polar surface area (TPSA) is 107 Å². The summed E-state index contributed by atoms with van der Waals surface area (Å²) >= 11 is 0. The van der Waals surface area contributed by atoms with Gasteiger partial charge in [0.25, 0.3) is 5.91 Å². The van der Waals surface area contributed by atoms with Gasteiger partial charge >= 0.3 is 6.09 Å².